The van der Waals surface area contributed by atoms with E-state index in [2.05, 4.69) is 50.7 Å². The average molecular weight is 644 g/mol. The van der Waals surface area contributed by atoms with E-state index in [1.165, 1.54) is 0 Å². The van der Waals surface area contributed by atoms with Crippen LogP contribution >= 0.6 is 0 Å². The van der Waals surface area contributed by atoms with Crippen LogP contribution in [0.2, 0.25) is 18.1 Å². The molecule has 4 aromatic heterocycles. The number of fused-ring (bicyclic) bond motifs is 1. The van der Waals surface area contributed by atoms with Gasteiger partial charge in [0.2, 0.25) is 0 Å². The van der Waals surface area contributed by atoms with Gasteiger partial charge in [-0.25, -0.2) is 9.67 Å². The SMILES string of the molecule is C[C@H](N[S+]([O-])C(C)(C)C)c1cccc(-c2cc(-c3ccn(C)n3)c3cnn(-c4cccc(CO[Si](C)(C)C(C)(C)C)n4)c3c2)n1. The Morgan fingerprint density at radius 2 is 1.71 bits per heavy atom. The number of benzene rings is 1. The highest BCUT2D eigenvalue weighted by Gasteiger charge is 2.37. The fourth-order valence-electron chi connectivity index (χ4n) is 4.61. The smallest absolute Gasteiger partial charge is 0.192 e. The fourth-order valence-corrected chi connectivity index (χ4v) is 6.35. The van der Waals surface area contributed by atoms with Crippen LogP contribution in [-0.4, -0.2) is 47.1 Å². The van der Waals surface area contributed by atoms with Crippen LogP contribution in [0, 0.1) is 0 Å². The monoisotopic (exact) mass is 643 g/mol. The van der Waals surface area contributed by atoms with Crippen molar-refractivity contribution >= 4 is 30.6 Å². The van der Waals surface area contributed by atoms with Gasteiger partial charge in [0.1, 0.15) is 4.75 Å². The van der Waals surface area contributed by atoms with Gasteiger partial charge >= 0.3 is 0 Å². The summed E-state index contributed by atoms with van der Waals surface area (Å²) in [4.78, 5) is 9.98. The summed E-state index contributed by atoms with van der Waals surface area (Å²) in [5.41, 5.74) is 6.11. The first kappa shape index (κ1) is 33.0. The molecule has 1 unspecified atom stereocenters. The van der Waals surface area contributed by atoms with Gasteiger partial charge in [0.05, 0.1) is 47.1 Å². The van der Waals surface area contributed by atoms with Crippen LogP contribution in [0.25, 0.3) is 39.2 Å². The largest absolute Gasteiger partial charge is 0.598 e. The summed E-state index contributed by atoms with van der Waals surface area (Å²) in [5, 5.41) is 10.6. The topological polar surface area (TPSA) is 106 Å². The molecule has 5 aromatic rings. The number of rotatable bonds is 9. The van der Waals surface area contributed by atoms with Gasteiger partial charge in [-0.2, -0.15) is 10.2 Å². The Kier molecular flexibility index (Phi) is 9.13. The first-order valence-electron chi connectivity index (χ1n) is 15.3. The molecule has 45 heavy (non-hydrogen) atoms. The number of hydrogen-bond donors (Lipinski definition) is 1. The maximum atomic E-state index is 12.8. The summed E-state index contributed by atoms with van der Waals surface area (Å²) in [7, 11) is -0.0213. The van der Waals surface area contributed by atoms with E-state index in [1.807, 2.05) is 94.3 Å². The number of aromatic nitrogens is 6. The van der Waals surface area contributed by atoms with Crippen LogP contribution in [0.5, 0.6) is 0 Å². The fraction of sp³-hybridized carbons (Fsp3) is 0.412. The molecular formula is C34H45N7O2SSi. The lowest BCUT2D eigenvalue weighted by atomic mass is 10.0. The second-order valence-electron chi connectivity index (χ2n) is 14.1. The van der Waals surface area contributed by atoms with Gasteiger partial charge < -0.3 is 8.98 Å². The van der Waals surface area contributed by atoms with Crippen LogP contribution in [0.1, 0.15) is 65.9 Å². The number of pyridine rings is 2. The van der Waals surface area contributed by atoms with Gasteiger partial charge in [-0.3, -0.25) is 9.67 Å². The Morgan fingerprint density at radius 1 is 0.978 bits per heavy atom. The van der Waals surface area contributed by atoms with Gasteiger partial charge in [0, 0.05) is 41.1 Å². The van der Waals surface area contributed by atoms with E-state index in [4.69, 9.17) is 24.6 Å². The predicted molar refractivity (Wildman–Crippen MR) is 186 cm³/mol. The molecule has 1 aromatic carbocycles. The molecule has 9 nitrogen and oxygen atoms in total. The Balaban J connectivity index is 1.57. The standard InChI is InChI=1S/C34H45N7O2SSi/c1-23(39-44(42)33(2,3)4)28-14-12-15-29(37-28)24-19-26(30-17-18-40(8)38-30)27-21-35-41(31(27)20-24)32-16-11-13-25(36-32)22-43-45(9,10)34(5,6)7/h11-21,23,39H,22H2,1-10H3/t23-,44?/m0/s1. The molecule has 2 atom stereocenters. The highest BCUT2D eigenvalue weighted by molar-refractivity contribution is 7.90. The van der Waals surface area contributed by atoms with Crippen LogP contribution in [0.3, 0.4) is 0 Å². The van der Waals surface area contributed by atoms with Crippen molar-refractivity contribution in [3.05, 3.63) is 78.4 Å². The summed E-state index contributed by atoms with van der Waals surface area (Å²) in [5.74, 6) is 0.717. The zero-order valence-corrected chi connectivity index (χ0v) is 29.9. The molecule has 0 aliphatic rings. The molecule has 0 amide bonds. The van der Waals surface area contributed by atoms with Crippen molar-refractivity contribution in [3.8, 4) is 28.3 Å². The third kappa shape index (κ3) is 7.23. The molecular weight excluding hydrogens is 599 g/mol. The van der Waals surface area contributed by atoms with Crippen molar-refractivity contribution in [2.45, 2.75) is 84.0 Å². The summed E-state index contributed by atoms with van der Waals surface area (Å²) in [6.45, 7) is 19.5. The minimum atomic E-state index is -1.93. The van der Waals surface area contributed by atoms with Crippen LogP contribution in [0.15, 0.2) is 67.0 Å². The number of hydrogen-bond acceptors (Lipinski definition) is 7. The maximum absolute atomic E-state index is 12.8. The molecule has 4 heterocycles. The van der Waals surface area contributed by atoms with Crippen molar-refractivity contribution in [2.24, 2.45) is 7.05 Å². The molecule has 0 saturated carbocycles. The van der Waals surface area contributed by atoms with Gasteiger partial charge in [0.15, 0.2) is 14.1 Å². The normalized spacial score (nSPS) is 14.2. The van der Waals surface area contributed by atoms with Gasteiger partial charge in [0.25, 0.3) is 0 Å². The molecule has 0 fully saturated rings. The number of nitrogens with one attached hydrogen (secondary N) is 1. The molecule has 0 aliphatic carbocycles. The number of nitrogens with zero attached hydrogens (tertiary/aromatic N) is 6. The first-order chi connectivity index (χ1) is 21.0. The molecule has 1 N–H and O–H groups in total. The lowest BCUT2D eigenvalue weighted by molar-refractivity contribution is 0.272. The minimum absolute atomic E-state index is 0.115. The van der Waals surface area contributed by atoms with E-state index in [0.717, 1.165) is 50.6 Å². The van der Waals surface area contributed by atoms with Crippen molar-refractivity contribution in [3.63, 3.8) is 0 Å². The summed E-state index contributed by atoms with van der Waals surface area (Å²) in [6, 6.07) is 18.0. The van der Waals surface area contributed by atoms with E-state index in [1.54, 1.807) is 4.68 Å². The molecule has 5 rings (SSSR count). The Hall–Kier alpha value is -3.35. The number of aryl methyl sites for hydroxylation is 1. The van der Waals surface area contributed by atoms with E-state index in [9.17, 15) is 4.55 Å². The molecule has 0 spiro atoms. The maximum Gasteiger partial charge on any atom is 0.192 e. The van der Waals surface area contributed by atoms with Crippen molar-refractivity contribution in [2.75, 3.05) is 0 Å². The average Bonchev–Trinajstić information content (AvgIpc) is 3.61. The zero-order valence-electron chi connectivity index (χ0n) is 28.0. The Labute approximate surface area is 270 Å². The van der Waals surface area contributed by atoms with Crippen LogP contribution < -0.4 is 4.72 Å². The van der Waals surface area contributed by atoms with Crippen molar-refractivity contribution in [1.82, 2.24) is 34.3 Å². The summed E-state index contributed by atoms with van der Waals surface area (Å²) in [6.07, 6.45) is 3.81. The van der Waals surface area contributed by atoms with E-state index < -0.39 is 19.7 Å². The third-order valence-electron chi connectivity index (χ3n) is 8.42. The molecule has 0 radical (unpaired) electrons. The van der Waals surface area contributed by atoms with Crippen LogP contribution in [-0.2, 0) is 29.4 Å². The van der Waals surface area contributed by atoms with Gasteiger partial charge in [-0.15, -0.1) is 4.72 Å². The highest BCUT2D eigenvalue weighted by atomic mass is 32.2. The quantitative estimate of drug-likeness (QED) is 0.131. The summed E-state index contributed by atoms with van der Waals surface area (Å²) < 4.78 is 25.8. The first-order valence-corrected chi connectivity index (χ1v) is 19.4. The third-order valence-corrected chi connectivity index (χ3v) is 14.6. The minimum Gasteiger partial charge on any atom is -0.598 e. The van der Waals surface area contributed by atoms with Crippen LogP contribution in [0.4, 0.5) is 0 Å². The lowest BCUT2D eigenvalue weighted by Crippen LogP contribution is -2.40. The molecule has 238 valence electrons. The molecule has 11 heteroatoms. The van der Waals surface area contributed by atoms with Crippen molar-refractivity contribution < 1.29 is 8.98 Å². The van der Waals surface area contributed by atoms with E-state index in [0.29, 0.717) is 6.61 Å². The predicted octanol–water partition coefficient (Wildman–Crippen LogP) is 7.52. The lowest BCUT2D eigenvalue weighted by Gasteiger charge is -2.36. The van der Waals surface area contributed by atoms with Gasteiger partial charge in [-0.1, -0.05) is 32.9 Å². The Bertz CT molecular complexity index is 1800. The molecule has 0 aliphatic heterocycles. The molecule has 0 saturated heterocycles. The van der Waals surface area contributed by atoms with Crippen molar-refractivity contribution in [1.29, 1.82) is 0 Å². The zero-order chi connectivity index (χ0) is 32.7. The Morgan fingerprint density at radius 3 is 2.38 bits per heavy atom. The van der Waals surface area contributed by atoms with Gasteiger partial charge in [-0.05, 0) is 88.3 Å². The van der Waals surface area contributed by atoms with E-state index >= 15 is 0 Å². The van der Waals surface area contributed by atoms with E-state index in [-0.39, 0.29) is 15.8 Å². The second kappa shape index (κ2) is 12.4. The highest BCUT2D eigenvalue weighted by Crippen LogP contribution is 2.37. The summed E-state index contributed by atoms with van der Waals surface area (Å²) >= 11 is -1.22. The second-order valence-corrected chi connectivity index (χ2v) is 20.9. The molecule has 0 bridgehead atoms.